The van der Waals surface area contributed by atoms with Crippen molar-refractivity contribution in [3.63, 3.8) is 0 Å². The summed E-state index contributed by atoms with van der Waals surface area (Å²) in [6.07, 6.45) is 2.36. The van der Waals surface area contributed by atoms with E-state index in [4.69, 9.17) is 5.73 Å². The minimum absolute atomic E-state index is 0.180. The number of rotatable bonds is 2. The van der Waals surface area contributed by atoms with Crippen LogP contribution < -0.4 is 5.73 Å². The van der Waals surface area contributed by atoms with Crippen molar-refractivity contribution in [3.05, 3.63) is 58.1 Å². The molecule has 0 aliphatic heterocycles. The zero-order valence-corrected chi connectivity index (χ0v) is 10.2. The van der Waals surface area contributed by atoms with Crippen molar-refractivity contribution in [2.24, 2.45) is 0 Å². The molecule has 5 heteroatoms. The lowest BCUT2D eigenvalue weighted by Crippen LogP contribution is -2.06. The molecule has 0 spiro atoms. The van der Waals surface area contributed by atoms with Gasteiger partial charge in [0.1, 0.15) is 5.82 Å². The standard InChI is InChI=1S/C12H8BrFN2O/c13-8-1-2-10(11(15)4-8)12(17)7-3-9(14)6-16-5-7/h1-6H,15H2. The number of anilines is 1. The molecule has 1 heterocycles. The van der Waals surface area contributed by atoms with Crippen molar-refractivity contribution < 1.29 is 9.18 Å². The average Bonchev–Trinajstić information content (AvgIpc) is 2.28. The predicted octanol–water partition coefficient (Wildman–Crippen LogP) is 2.80. The number of halogens is 2. The first-order valence-corrected chi connectivity index (χ1v) is 5.57. The van der Waals surface area contributed by atoms with Crippen molar-refractivity contribution in [1.82, 2.24) is 4.98 Å². The molecule has 1 aromatic heterocycles. The number of carbonyl (C=O) groups excluding carboxylic acids is 1. The van der Waals surface area contributed by atoms with E-state index in [9.17, 15) is 9.18 Å². The number of carbonyl (C=O) groups is 1. The van der Waals surface area contributed by atoms with Gasteiger partial charge in [0.05, 0.1) is 6.20 Å². The average molecular weight is 295 g/mol. The minimum Gasteiger partial charge on any atom is -0.398 e. The Balaban J connectivity index is 2.44. The first kappa shape index (κ1) is 11.7. The smallest absolute Gasteiger partial charge is 0.196 e. The number of ketones is 1. The van der Waals surface area contributed by atoms with Crippen LogP contribution in [0.4, 0.5) is 10.1 Å². The van der Waals surface area contributed by atoms with Crippen molar-refractivity contribution in [3.8, 4) is 0 Å². The fourth-order valence-electron chi connectivity index (χ4n) is 1.43. The summed E-state index contributed by atoms with van der Waals surface area (Å²) in [6, 6.07) is 6.06. The third-order valence-corrected chi connectivity index (χ3v) is 2.72. The van der Waals surface area contributed by atoms with Crippen LogP contribution in [-0.4, -0.2) is 10.8 Å². The van der Waals surface area contributed by atoms with E-state index < -0.39 is 5.82 Å². The fourth-order valence-corrected chi connectivity index (χ4v) is 1.81. The van der Waals surface area contributed by atoms with Crippen molar-refractivity contribution in [2.75, 3.05) is 5.73 Å². The molecule has 86 valence electrons. The lowest BCUT2D eigenvalue weighted by molar-refractivity contribution is 0.103. The summed E-state index contributed by atoms with van der Waals surface area (Å²) < 4.78 is 13.7. The Hall–Kier alpha value is -1.75. The minimum atomic E-state index is -0.550. The highest BCUT2D eigenvalue weighted by molar-refractivity contribution is 9.10. The summed E-state index contributed by atoms with van der Waals surface area (Å²) in [6.45, 7) is 0. The molecule has 0 fully saturated rings. The maximum absolute atomic E-state index is 13.0. The predicted molar refractivity (Wildman–Crippen MR) is 66.2 cm³/mol. The second-order valence-corrected chi connectivity index (χ2v) is 4.37. The Morgan fingerprint density at radius 1 is 1.29 bits per heavy atom. The molecule has 0 bridgehead atoms. The van der Waals surface area contributed by atoms with Crippen LogP contribution in [0.3, 0.4) is 0 Å². The van der Waals surface area contributed by atoms with Crippen LogP contribution in [0.15, 0.2) is 41.1 Å². The number of hydrogen-bond acceptors (Lipinski definition) is 3. The van der Waals surface area contributed by atoms with Gasteiger partial charge in [-0.25, -0.2) is 4.39 Å². The molecule has 0 aliphatic rings. The van der Waals surface area contributed by atoms with E-state index in [1.807, 2.05) is 0 Å². The molecule has 0 saturated carbocycles. The number of benzene rings is 1. The SMILES string of the molecule is Nc1cc(Br)ccc1C(=O)c1cncc(F)c1. The van der Waals surface area contributed by atoms with Crippen LogP contribution in [-0.2, 0) is 0 Å². The van der Waals surface area contributed by atoms with E-state index in [-0.39, 0.29) is 11.3 Å². The zero-order chi connectivity index (χ0) is 12.4. The number of pyridine rings is 1. The molecule has 0 amide bonds. The lowest BCUT2D eigenvalue weighted by Gasteiger charge is -2.05. The first-order valence-electron chi connectivity index (χ1n) is 4.78. The molecule has 0 unspecified atom stereocenters. The fraction of sp³-hybridized carbons (Fsp3) is 0. The molecular weight excluding hydrogens is 287 g/mol. The lowest BCUT2D eigenvalue weighted by atomic mass is 10.0. The van der Waals surface area contributed by atoms with Crippen molar-refractivity contribution in [2.45, 2.75) is 0 Å². The molecular formula is C12H8BrFN2O. The van der Waals surface area contributed by atoms with Crippen LogP contribution in [0.5, 0.6) is 0 Å². The van der Waals surface area contributed by atoms with Crippen LogP contribution in [0.1, 0.15) is 15.9 Å². The highest BCUT2D eigenvalue weighted by Gasteiger charge is 2.13. The summed E-state index contributed by atoms with van der Waals surface area (Å²) in [5.41, 5.74) is 6.59. The van der Waals surface area contributed by atoms with Gasteiger partial charge in [0.2, 0.25) is 0 Å². The highest BCUT2D eigenvalue weighted by atomic mass is 79.9. The third-order valence-electron chi connectivity index (χ3n) is 2.23. The summed E-state index contributed by atoms with van der Waals surface area (Å²) >= 11 is 3.25. The van der Waals surface area contributed by atoms with Gasteiger partial charge in [-0.15, -0.1) is 0 Å². The van der Waals surface area contributed by atoms with Gasteiger partial charge in [0, 0.05) is 27.5 Å². The van der Waals surface area contributed by atoms with Gasteiger partial charge in [-0.3, -0.25) is 9.78 Å². The molecule has 2 N–H and O–H groups in total. The largest absolute Gasteiger partial charge is 0.398 e. The molecule has 0 saturated heterocycles. The third kappa shape index (κ3) is 2.50. The number of nitrogens with two attached hydrogens (primary N) is 1. The topological polar surface area (TPSA) is 56.0 Å². The Morgan fingerprint density at radius 3 is 2.71 bits per heavy atom. The van der Waals surface area contributed by atoms with E-state index in [0.29, 0.717) is 11.3 Å². The Morgan fingerprint density at radius 2 is 2.06 bits per heavy atom. The molecule has 2 rings (SSSR count). The Bertz CT molecular complexity index is 586. The molecule has 0 aliphatic carbocycles. The van der Waals surface area contributed by atoms with E-state index in [1.54, 1.807) is 18.2 Å². The maximum Gasteiger partial charge on any atom is 0.196 e. The second-order valence-electron chi connectivity index (χ2n) is 3.45. The van der Waals surface area contributed by atoms with Crippen LogP contribution in [0.2, 0.25) is 0 Å². The quantitative estimate of drug-likeness (QED) is 0.684. The Labute approximate surface area is 106 Å². The Kier molecular flexibility index (Phi) is 3.19. The van der Waals surface area contributed by atoms with Gasteiger partial charge in [0.15, 0.2) is 5.78 Å². The summed E-state index contributed by atoms with van der Waals surface area (Å²) in [4.78, 5) is 15.7. The van der Waals surface area contributed by atoms with Crippen LogP contribution in [0, 0.1) is 5.82 Å². The number of nitrogens with zero attached hydrogens (tertiary/aromatic N) is 1. The maximum atomic E-state index is 13.0. The molecule has 2 aromatic rings. The molecule has 3 nitrogen and oxygen atoms in total. The van der Waals surface area contributed by atoms with Gasteiger partial charge < -0.3 is 5.73 Å². The summed E-state index contributed by atoms with van der Waals surface area (Å²) in [5.74, 6) is -0.895. The summed E-state index contributed by atoms with van der Waals surface area (Å²) in [5, 5.41) is 0. The van der Waals surface area contributed by atoms with Gasteiger partial charge in [-0.1, -0.05) is 15.9 Å². The van der Waals surface area contributed by atoms with Gasteiger partial charge in [0.25, 0.3) is 0 Å². The van der Waals surface area contributed by atoms with E-state index in [2.05, 4.69) is 20.9 Å². The van der Waals surface area contributed by atoms with E-state index in [0.717, 1.165) is 16.7 Å². The molecule has 1 aromatic carbocycles. The monoisotopic (exact) mass is 294 g/mol. The van der Waals surface area contributed by atoms with Crippen molar-refractivity contribution in [1.29, 1.82) is 0 Å². The second kappa shape index (κ2) is 4.63. The normalized spacial score (nSPS) is 10.2. The van der Waals surface area contributed by atoms with Gasteiger partial charge in [-0.05, 0) is 24.3 Å². The van der Waals surface area contributed by atoms with Gasteiger partial charge in [-0.2, -0.15) is 0 Å². The highest BCUT2D eigenvalue weighted by Crippen LogP contribution is 2.21. The number of nitrogen functional groups attached to an aromatic ring is 1. The summed E-state index contributed by atoms with van der Waals surface area (Å²) in [7, 11) is 0. The van der Waals surface area contributed by atoms with E-state index in [1.165, 1.54) is 6.20 Å². The van der Waals surface area contributed by atoms with Crippen molar-refractivity contribution >= 4 is 27.4 Å². The molecule has 17 heavy (non-hydrogen) atoms. The molecule has 0 atom stereocenters. The number of hydrogen-bond donors (Lipinski definition) is 1. The van der Waals surface area contributed by atoms with E-state index >= 15 is 0 Å². The van der Waals surface area contributed by atoms with Crippen LogP contribution in [0.25, 0.3) is 0 Å². The molecule has 0 radical (unpaired) electrons. The van der Waals surface area contributed by atoms with Gasteiger partial charge >= 0.3 is 0 Å². The zero-order valence-electron chi connectivity index (χ0n) is 8.65. The number of aromatic nitrogens is 1. The van der Waals surface area contributed by atoms with Crippen LogP contribution >= 0.6 is 15.9 Å². The first-order chi connectivity index (χ1) is 8.08.